The third kappa shape index (κ3) is 2.29. The molecule has 2 atom stereocenters. The minimum absolute atomic E-state index is 0. The molecule has 1 N–H and O–H groups in total. The van der Waals surface area contributed by atoms with Gasteiger partial charge >= 0.3 is 0 Å². The first-order chi connectivity index (χ1) is 8.50. The van der Waals surface area contributed by atoms with Crippen LogP contribution in [0.4, 0.5) is 0 Å². The van der Waals surface area contributed by atoms with E-state index in [2.05, 4.69) is 5.32 Å². The Morgan fingerprint density at radius 3 is 2.42 bits per heavy atom. The summed E-state index contributed by atoms with van der Waals surface area (Å²) in [6.07, 6.45) is 1.16. The number of hydrogen-bond donors (Lipinski definition) is 1. The molecule has 3 rings (SSSR count). The Balaban J connectivity index is 0.00000133. The molecule has 1 heterocycles. The zero-order valence-electron chi connectivity index (χ0n) is 11.1. The maximum Gasteiger partial charge on any atom is 0.242 e. The van der Waals surface area contributed by atoms with Crippen LogP contribution in [0.2, 0.25) is 0 Å². The van der Waals surface area contributed by atoms with Crippen LogP contribution in [0.3, 0.4) is 0 Å². The first-order valence-electron chi connectivity index (χ1n) is 6.27. The highest BCUT2D eigenvalue weighted by Crippen LogP contribution is 2.44. The van der Waals surface area contributed by atoms with Gasteiger partial charge in [-0.1, -0.05) is 6.07 Å². The largest absolute Gasteiger partial charge is 0.316 e. The molecule has 0 saturated carbocycles. The zero-order chi connectivity index (χ0) is 12.9. The van der Waals surface area contributed by atoms with E-state index in [-0.39, 0.29) is 12.4 Å². The van der Waals surface area contributed by atoms with Crippen LogP contribution >= 0.6 is 12.4 Å². The van der Waals surface area contributed by atoms with Gasteiger partial charge in [-0.25, -0.2) is 12.7 Å². The Bertz CT molecular complexity index is 586. The molecule has 6 heteroatoms. The third-order valence-corrected chi connectivity index (χ3v) is 5.88. The average Bonchev–Trinajstić information content (AvgIpc) is 2.61. The molecular formula is C13H19ClN2O2S. The Hall–Kier alpha value is -0.620. The molecule has 1 fully saturated rings. The van der Waals surface area contributed by atoms with Crippen molar-refractivity contribution in [2.24, 2.45) is 0 Å². The highest BCUT2D eigenvalue weighted by molar-refractivity contribution is 7.89. The van der Waals surface area contributed by atoms with E-state index < -0.39 is 10.0 Å². The normalized spacial score (nSPS) is 25.0. The number of benzene rings is 1. The third-order valence-electron chi connectivity index (χ3n) is 4.07. The van der Waals surface area contributed by atoms with Crippen LogP contribution in [0.1, 0.15) is 29.4 Å². The van der Waals surface area contributed by atoms with Gasteiger partial charge in [0.15, 0.2) is 0 Å². The predicted molar refractivity (Wildman–Crippen MR) is 77.5 cm³/mol. The van der Waals surface area contributed by atoms with Gasteiger partial charge in [0.1, 0.15) is 0 Å². The lowest BCUT2D eigenvalue weighted by Gasteiger charge is -2.19. The molecule has 0 aromatic heterocycles. The van der Waals surface area contributed by atoms with E-state index >= 15 is 0 Å². The van der Waals surface area contributed by atoms with Gasteiger partial charge in [-0.2, -0.15) is 0 Å². The Morgan fingerprint density at radius 2 is 1.79 bits per heavy atom. The summed E-state index contributed by atoms with van der Waals surface area (Å²) in [6, 6.07) is 5.63. The average molecular weight is 303 g/mol. The van der Waals surface area contributed by atoms with Gasteiger partial charge in [0.25, 0.3) is 0 Å². The van der Waals surface area contributed by atoms with Crippen LogP contribution < -0.4 is 5.32 Å². The van der Waals surface area contributed by atoms with Crippen molar-refractivity contribution in [2.45, 2.75) is 23.2 Å². The molecular weight excluding hydrogens is 284 g/mol. The molecule has 0 spiro atoms. The topological polar surface area (TPSA) is 49.4 Å². The molecule has 1 aliphatic carbocycles. The lowest BCUT2D eigenvalue weighted by Crippen LogP contribution is -2.28. The van der Waals surface area contributed by atoms with E-state index in [4.69, 9.17) is 0 Å². The lowest BCUT2D eigenvalue weighted by atomic mass is 9.98. The monoisotopic (exact) mass is 302 g/mol. The first-order valence-corrected chi connectivity index (χ1v) is 7.71. The van der Waals surface area contributed by atoms with E-state index in [0.717, 1.165) is 19.5 Å². The van der Waals surface area contributed by atoms with Crippen molar-refractivity contribution in [2.75, 3.05) is 27.2 Å². The summed E-state index contributed by atoms with van der Waals surface area (Å²) in [5, 5.41) is 3.41. The van der Waals surface area contributed by atoms with Crippen LogP contribution in [0.15, 0.2) is 23.1 Å². The SMILES string of the molecule is CN(C)S(=O)(=O)c1ccc2c(c1)C1CNCC2C1.Cl. The fraction of sp³-hybridized carbons (Fsp3) is 0.538. The molecule has 2 aliphatic rings. The van der Waals surface area contributed by atoms with Crippen molar-refractivity contribution < 1.29 is 8.42 Å². The number of piperidine rings is 1. The summed E-state index contributed by atoms with van der Waals surface area (Å²) in [6.45, 7) is 1.98. The molecule has 2 bridgehead atoms. The van der Waals surface area contributed by atoms with Crippen LogP contribution in [-0.4, -0.2) is 39.9 Å². The standard InChI is InChI=1S/C13H18N2O2S.ClH/c1-15(2)18(16,17)11-3-4-12-9-5-10(8-14-7-9)13(12)6-11;/h3-4,6,9-10,14H,5,7-8H2,1-2H3;1H. The number of fused-ring (bicyclic) bond motifs is 5. The molecule has 0 amide bonds. The molecule has 1 aliphatic heterocycles. The Kier molecular flexibility index (Phi) is 3.93. The van der Waals surface area contributed by atoms with Crippen molar-refractivity contribution in [3.63, 3.8) is 0 Å². The molecule has 1 saturated heterocycles. The maximum atomic E-state index is 12.1. The molecule has 2 unspecified atom stereocenters. The summed E-state index contributed by atoms with van der Waals surface area (Å²) in [5.41, 5.74) is 2.57. The van der Waals surface area contributed by atoms with Gasteiger partial charge in [0.2, 0.25) is 10.0 Å². The van der Waals surface area contributed by atoms with Gasteiger partial charge in [0.05, 0.1) is 4.90 Å². The quantitative estimate of drug-likeness (QED) is 0.901. The van der Waals surface area contributed by atoms with E-state index in [0.29, 0.717) is 16.7 Å². The summed E-state index contributed by atoms with van der Waals surface area (Å²) < 4.78 is 25.5. The highest BCUT2D eigenvalue weighted by atomic mass is 35.5. The molecule has 106 valence electrons. The van der Waals surface area contributed by atoms with Crippen LogP contribution in [0.25, 0.3) is 0 Å². The molecule has 0 radical (unpaired) electrons. The zero-order valence-corrected chi connectivity index (χ0v) is 12.7. The van der Waals surface area contributed by atoms with Gasteiger partial charge < -0.3 is 5.32 Å². The Labute approximate surface area is 120 Å². The Morgan fingerprint density at radius 1 is 1.16 bits per heavy atom. The highest BCUT2D eigenvalue weighted by Gasteiger charge is 2.35. The number of nitrogens with zero attached hydrogens (tertiary/aromatic N) is 1. The first kappa shape index (κ1) is 14.8. The van der Waals surface area contributed by atoms with E-state index in [9.17, 15) is 8.42 Å². The summed E-state index contributed by atoms with van der Waals surface area (Å²) in [7, 11) is -0.170. The number of sulfonamides is 1. The summed E-state index contributed by atoms with van der Waals surface area (Å²) in [5.74, 6) is 1.05. The van der Waals surface area contributed by atoms with Crippen molar-refractivity contribution in [3.8, 4) is 0 Å². The second-order valence-electron chi connectivity index (χ2n) is 5.37. The van der Waals surface area contributed by atoms with Gasteiger partial charge in [0, 0.05) is 27.2 Å². The minimum Gasteiger partial charge on any atom is -0.316 e. The smallest absolute Gasteiger partial charge is 0.242 e. The van der Waals surface area contributed by atoms with Crippen LogP contribution in [0, 0.1) is 0 Å². The van der Waals surface area contributed by atoms with Gasteiger partial charge in [-0.3, -0.25) is 0 Å². The number of hydrogen-bond acceptors (Lipinski definition) is 3. The second-order valence-corrected chi connectivity index (χ2v) is 7.52. The summed E-state index contributed by atoms with van der Waals surface area (Å²) >= 11 is 0. The van der Waals surface area contributed by atoms with E-state index in [1.54, 1.807) is 20.2 Å². The number of nitrogens with one attached hydrogen (secondary N) is 1. The minimum atomic E-state index is -3.31. The molecule has 1 aromatic rings. The summed E-state index contributed by atoms with van der Waals surface area (Å²) in [4.78, 5) is 0.416. The number of rotatable bonds is 2. The molecule has 19 heavy (non-hydrogen) atoms. The van der Waals surface area contributed by atoms with Crippen molar-refractivity contribution in [1.29, 1.82) is 0 Å². The van der Waals surface area contributed by atoms with Crippen molar-refractivity contribution in [3.05, 3.63) is 29.3 Å². The maximum absolute atomic E-state index is 12.1. The number of halogens is 1. The van der Waals surface area contributed by atoms with E-state index in [1.165, 1.54) is 15.4 Å². The predicted octanol–water partition coefficient (Wildman–Crippen LogP) is 1.53. The fourth-order valence-electron chi connectivity index (χ4n) is 3.07. The fourth-order valence-corrected chi connectivity index (χ4v) is 4.00. The second kappa shape index (κ2) is 5.05. The molecule has 4 nitrogen and oxygen atoms in total. The van der Waals surface area contributed by atoms with Crippen molar-refractivity contribution >= 4 is 22.4 Å². The molecule has 1 aromatic carbocycles. The van der Waals surface area contributed by atoms with Crippen LogP contribution in [0.5, 0.6) is 0 Å². The van der Waals surface area contributed by atoms with Crippen molar-refractivity contribution in [1.82, 2.24) is 9.62 Å². The lowest BCUT2D eigenvalue weighted by molar-refractivity contribution is 0.453. The van der Waals surface area contributed by atoms with Crippen LogP contribution in [-0.2, 0) is 10.0 Å². The van der Waals surface area contributed by atoms with E-state index in [1.807, 2.05) is 12.1 Å². The van der Waals surface area contributed by atoms with Gasteiger partial charge in [-0.05, 0) is 41.5 Å². The van der Waals surface area contributed by atoms with Gasteiger partial charge in [-0.15, -0.1) is 12.4 Å².